The fourth-order valence-corrected chi connectivity index (χ4v) is 6.55. The van der Waals surface area contributed by atoms with Crippen LogP contribution >= 0.6 is 0 Å². The number of halogens is 6. The molecule has 42 heavy (non-hydrogen) atoms. The van der Waals surface area contributed by atoms with Gasteiger partial charge in [-0.1, -0.05) is 30.3 Å². The van der Waals surface area contributed by atoms with Crippen LogP contribution in [0.5, 0.6) is 5.75 Å². The van der Waals surface area contributed by atoms with Crippen molar-refractivity contribution >= 4 is 5.57 Å². The summed E-state index contributed by atoms with van der Waals surface area (Å²) in [5.74, 6) is -6.74. The SMILES string of the molecule is CCOc1ccc(C2=CCC(c3ccc(C4CCC(c5ccc(C(C)O)c(F)c5F)CC4)c(F)c3F)CC2)c(F)c1F. The molecule has 2 unspecified atom stereocenters. The minimum atomic E-state index is -1.12. The van der Waals surface area contributed by atoms with Crippen LogP contribution in [-0.4, -0.2) is 11.7 Å². The van der Waals surface area contributed by atoms with E-state index in [0.717, 1.165) is 0 Å². The lowest BCUT2D eigenvalue weighted by Crippen LogP contribution is -2.16. The molecule has 0 radical (unpaired) electrons. The van der Waals surface area contributed by atoms with Gasteiger partial charge in [0.25, 0.3) is 0 Å². The highest BCUT2D eigenvalue weighted by atomic mass is 19.2. The lowest BCUT2D eigenvalue weighted by Gasteiger charge is -2.30. The molecule has 0 bridgehead atoms. The Morgan fingerprint density at radius 3 is 1.76 bits per heavy atom. The summed E-state index contributed by atoms with van der Waals surface area (Å²) in [7, 11) is 0. The van der Waals surface area contributed by atoms with Crippen molar-refractivity contribution < 1.29 is 36.2 Å². The Balaban J connectivity index is 1.27. The number of aliphatic hydroxyl groups is 1. The van der Waals surface area contributed by atoms with Crippen molar-refractivity contribution in [3.8, 4) is 5.75 Å². The molecule has 0 amide bonds. The molecule has 1 saturated carbocycles. The number of aliphatic hydroxyl groups excluding tert-OH is 1. The summed E-state index contributed by atoms with van der Waals surface area (Å²) in [6.07, 6.45) is 3.83. The van der Waals surface area contributed by atoms with E-state index in [1.807, 2.05) is 0 Å². The van der Waals surface area contributed by atoms with E-state index in [4.69, 9.17) is 4.74 Å². The van der Waals surface area contributed by atoms with Gasteiger partial charge in [-0.15, -0.1) is 0 Å². The first-order chi connectivity index (χ1) is 20.1. The van der Waals surface area contributed by atoms with Crippen molar-refractivity contribution in [1.82, 2.24) is 0 Å². The van der Waals surface area contributed by atoms with Crippen LogP contribution < -0.4 is 4.74 Å². The number of hydrogen-bond acceptors (Lipinski definition) is 2. The van der Waals surface area contributed by atoms with Crippen LogP contribution in [0.3, 0.4) is 0 Å². The van der Waals surface area contributed by atoms with Crippen LogP contribution in [0.4, 0.5) is 26.3 Å². The summed E-state index contributed by atoms with van der Waals surface area (Å²) in [6, 6.07) is 9.02. The Morgan fingerprint density at radius 2 is 1.24 bits per heavy atom. The van der Waals surface area contributed by atoms with E-state index in [9.17, 15) is 22.7 Å². The highest BCUT2D eigenvalue weighted by molar-refractivity contribution is 5.68. The fraction of sp³-hybridized carbons (Fsp3) is 0.412. The molecule has 0 aromatic heterocycles. The molecule has 1 N–H and O–H groups in total. The van der Waals surface area contributed by atoms with E-state index in [0.29, 0.717) is 50.5 Å². The number of rotatable bonds is 7. The van der Waals surface area contributed by atoms with Gasteiger partial charge >= 0.3 is 0 Å². The zero-order valence-corrected chi connectivity index (χ0v) is 23.6. The number of ether oxygens (including phenoxy) is 1. The summed E-state index contributed by atoms with van der Waals surface area (Å²) in [5, 5.41) is 9.64. The average Bonchev–Trinajstić information content (AvgIpc) is 2.99. The molecular weight excluding hydrogens is 554 g/mol. The molecule has 8 heteroatoms. The van der Waals surface area contributed by atoms with Crippen LogP contribution in [-0.2, 0) is 0 Å². The van der Waals surface area contributed by atoms with Gasteiger partial charge in [0.1, 0.15) is 0 Å². The molecule has 0 heterocycles. The molecule has 3 aromatic rings. The Morgan fingerprint density at radius 1 is 0.690 bits per heavy atom. The number of allylic oxidation sites excluding steroid dienone is 2. The minimum Gasteiger partial charge on any atom is -0.491 e. The van der Waals surface area contributed by atoms with Crippen molar-refractivity contribution in [3.05, 3.63) is 105 Å². The van der Waals surface area contributed by atoms with Gasteiger partial charge in [-0.3, -0.25) is 0 Å². The first-order valence-electron chi connectivity index (χ1n) is 14.6. The van der Waals surface area contributed by atoms with Crippen molar-refractivity contribution in [2.45, 2.75) is 82.7 Å². The van der Waals surface area contributed by atoms with Gasteiger partial charge < -0.3 is 9.84 Å². The first-order valence-corrected chi connectivity index (χ1v) is 14.6. The Kier molecular flexibility index (Phi) is 9.02. The third-order valence-corrected chi connectivity index (χ3v) is 8.88. The maximum absolute atomic E-state index is 15.4. The highest BCUT2D eigenvalue weighted by Crippen LogP contribution is 2.44. The second-order valence-electron chi connectivity index (χ2n) is 11.3. The molecule has 2 aliphatic rings. The molecule has 2 nitrogen and oxygen atoms in total. The van der Waals surface area contributed by atoms with Gasteiger partial charge in [0.2, 0.25) is 5.82 Å². The monoisotopic (exact) mass is 588 g/mol. The van der Waals surface area contributed by atoms with Gasteiger partial charge in [-0.2, -0.15) is 4.39 Å². The largest absolute Gasteiger partial charge is 0.491 e. The molecule has 0 spiro atoms. The maximum Gasteiger partial charge on any atom is 0.201 e. The smallest absolute Gasteiger partial charge is 0.201 e. The summed E-state index contributed by atoms with van der Waals surface area (Å²) in [5.41, 5.74) is 1.46. The van der Waals surface area contributed by atoms with Crippen molar-refractivity contribution in [2.24, 2.45) is 0 Å². The topological polar surface area (TPSA) is 29.5 Å². The third-order valence-electron chi connectivity index (χ3n) is 8.88. The molecule has 5 rings (SSSR count). The molecule has 2 aliphatic carbocycles. The van der Waals surface area contributed by atoms with Crippen molar-refractivity contribution in [2.75, 3.05) is 6.61 Å². The molecule has 2 atom stereocenters. The second kappa shape index (κ2) is 12.5. The summed E-state index contributed by atoms with van der Waals surface area (Å²) in [6.45, 7) is 3.26. The summed E-state index contributed by atoms with van der Waals surface area (Å²) >= 11 is 0. The van der Waals surface area contributed by atoms with Crippen LogP contribution in [0.1, 0.15) is 110 Å². The summed E-state index contributed by atoms with van der Waals surface area (Å²) < 4.78 is 94.0. The van der Waals surface area contributed by atoms with Crippen LogP contribution in [0.15, 0.2) is 42.5 Å². The average molecular weight is 589 g/mol. The van der Waals surface area contributed by atoms with E-state index >= 15 is 8.78 Å². The van der Waals surface area contributed by atoms with Crippen molar-refractivity contribution in [1.29, 1.82) is 0 Å². The molecule has 0 aliphatic heterocycles. The molecular formula is C34H34F6O2. The zero-order valence-electron chi connectivity index (χ0n) is 23.6. The van der Waals surface area contributed by atoms with E-state index in [2.05, 4.69) is 0 Å². The lowest BCUT2D eigenvalue weighted by atomic mass is 9.75. The van der Waals surface area contributed by atoms with E-state index in [1.165, 1.54) is 31.2 Å². The zero-order chi connectivity index (χ0) is 30.1. The Bertz CT molecular complexity index is 1490. The van der Waals surface area contributed by atoms with Crippen LogP contribution in [0.2, 0.25) is 0 Å². The van der Waals surface area contributed by atoms with Gasteiger partial charge in [0.05, 0.1) is 12.7 Å². The molecule has 1 fully saturated rings. The number of benzene rings is 3. The Hall–Kier alpha value is -3.26. The predicted octanol–water partition coefficient (Wildman–Crippen LogP) is 9.77. The lowest BCUT2D eigenvalue weighted by molar-refractivity contribution is 0.192. The molecule has 224 valence electrons. The van der Waals surface area contributed by atoms with E-state index in [-0.39, 0.29) is 57.9 Å². The molecule has 0 saturated heterocycles. The highest BCUT2D eigenvalue weighted by Gasteiger charge is 2.31. The van der Waals surface area contributed by atoms with E-state index < -0.39 is 41.0 Å². The standard InChI is InChI=1S/C34H34F6O2/c1-3-42-28-17-16-27(33(39)34(28)40)22-10-8-21(9-11-22)26-15-14-25(31(37)32(26)38)20-6-4-19(5-7-20)24-13-12-23(18(2)41)29(35)30(24)36/h10,12-21,41H,3-9,11H2,1-2H3. The van der Waals surface area contributed by atoms with Gasteiger partial charge in [-0.25, -0.2) is 22.0 Å². The van der Waals surface area contributed by atoms with E-state index in [1.54, 1.807) is 25.1 Å². The van der Waals surface area contributed by atoms with Crippen LogP contribution in [0, 0.1) is 34.9 Å². The third kappa shape index (κ3) is 5.70. The quantitative estimate of drug-likeness (QED) is 0.279. The van der Waals surface area contributed by atoms with Crippen molar-refractivity contribution in [3.63, 3.8) is 0 Å². The van der Waals surface area contributed by atoms with Gasteiger partial charge in [-0.05, 0) is 111 Å². The Labute approximate surface area is 242 Å². The minimum absolute atomic E-state index is 0.0931. The second-order valence-corrected chi connectivity index (χ2v) is 11.3. The maximum atomic E-state index is 15.4. The predicted molar refractivity (Wildman–Crippen MR) is 149 cm³/mol. The number of hydrogen-bond donors (Lipinski definition) is 1. The molecule has 3 aromatic carbocycles. The van der Waals surface area contributed by atoms with Gasteiger partial charge in [0.15, 0.2) is 34.8 Å². The van der Waals surface area contributed by atoms with Gasteiger partial charge in [0, 0.05) is 11.1 Å². The first kappa shape index (κ1) is 30.2. The van der Waals surface area contributed by atoms with Crippen LogP contribution in [0.25, 0.3) is 5.57 Å². The fourth-order valence-electron chi connectivity index (χ4n) is 6.55. The normalized spacial score (nSPS) is 21.6. The summed E-state index contributed by atoms with van der Waals surface area (Å²) in [4.78, 5) is 0.